The number of carbonyl (C=O) groups excluding carboxylic acids is 1. The molecule has 24 heavy (non-hydrogen) atoms. The van der Waals surface area contributed by atoms with Gasteiger partial charge in [0.1, 0.15) is 0 Å². The predicted molar refractivity (Wildman–Crippen MR) is 70.1 cm³/mol. The molecule has 120 valence electrons. The van der Waals surface area contributed by atoms with Crippen molar-refractivity contribution in [2.75, 3.05) is 0 Å². The summed E-state index contributed by atoms with van der Waals surface area (Å²) in [6.45, 7) is 0. The molecule has 0 aliphatic heterocycles. The van der Waals surface area contributed by atoms with Crippen LogP contribution in [0.15, 0.2) is 24.3 Å². The Morgan fingerprint density at radius 2 is 1.38 bits per heavy atom. The van der Waals surface area contributed by atoms with Gasteiger partial charge in [-0.15, -0.1) is 0 Å². The number of rotatable bonds is 2. The van der Waals surface area contributed by atoms with E-state index in [0.717, 1.165) is 12.1 Å². The summed E-state index contributed by atoms with van der Waals surface area (Å²) in [5.74, 6) is -9.80. The van der Waals surface area contributed by atoms with Crippen molar-refractivity contribution in [1.29, 1.82) is 5.26 Å². The molecule has 0 amide bonds. The third-order valence-corrected chi connectivity index (χ3v) is 2.75. The number of halogens is 5. The second kappa shape index (κ2) is 6.80. The quantitative estimate of drug-likeness (QED) is 0.211. The van der Waals surface area contributed by atoms with E-state index in [1.807, 2.05) is 0 Å². The summed E-state index contributed by atoms with van der Waals surface area (Å²) < 4.78 is 70.1. The molecule has 2 rings (SSSR count). The van der Waals surface area contributed by atoms with Gasteiger partial charge in [0.05, 0.1) is 5.56 Å². The second-order valence-electron chi connectivity index (χ2n) is 4.23. The van der Waals surface area contributed by atoms with Crippen molar-refractivity contribution in [3.63, 3.8) is 0 Å². The fourth-order valence-electron chi connectivity index (χ4n) is 1.62. The maximum absolute atomic E-state index is 13.4. The van der Waals surface area contributed by atoms with Crippen LogP contribution in [0.4, 0.5) is 22.0 Å². The Balaban J connectivity index is 2.32. The number of hydrogen-bond donors (Lipinski definition) is 0. The van der Waals surface area contributed by atoms with Crippen LogP contribution in [-0.2, 0) is 0 Å². The fraction of sp³-hybridized carbons (Fsp3) is 0. The first-order chi connectivity index (χ1) is 11.4. The molecule has 0 heterocycles. The minimum absolute atomic E-state index is 0.221. The van der Waals surface area contributed by atoms with Gasteiger partial charge in [-0.05, 0) is 24.3 Å². The number of carbonyl (C=O) groups is 1. The topological polar surface area (TPSA) is 50.1 Å². The van der Waals surface area contributed by atoms with E-state index in [4.69, 9.17) is 5.26 Å². The van der Waals surface area contributed by atoms with Crippen LogP contribution in [0.2, 0.25) is 0 Å². The van der Waals surface area contributed by atoms with Crippen LogP contribution in [0.25, 0.3) is 0 Å². The van der Waals surface area contributed by atoms with E-state index in [1.165, 1.54) is 12.1 Å². The first-order valence-electron chi connectivity index (χ1n) is 6.10. The van der Waals surface area contributed by atoms with E-state index in [0.29, 0.717) is 5.56 Å². The lowest BCUT2D eigenvalue weighted by Gasteiger charge is -2.08. The van der Waals surface area contributed by atoms with Crippen LogP contribution in [0.5, 0.6) is 5.75 Å². The van der Waals surface area contributed by atoms with Crippen molar-refractivity contribution in [1.82, 2.24) is 0 Å². The van der Waals surface area contributed by atoms with Crippen LogP contribution in [0.3, 0.4) is 0 Å². The van der Waals surface area contributed by atoms with Crippen molar-refractivity contribution in [3.05, 3.63) is 64.5 Å². The Hall–Kier alpha value is -3.39. The third kappa shape index (κ3) is 3.18. The standard InChI is InChI=1S/C16H4F5NO2/c17-10-11(18)13(20)15(14(21)12(10)19)24-16(23)9-5-3-8(4-6-9)2-1-7-22/h3-6H. The average Bonchev–Trinajstić information content (AvgIpc) is 2.60. The number of esters is 1. The number of hydrogen-bond acceptors (Lipinski definition) is 3. The van der Waals surface area contributed by atoms with Crippen LogP contribution >= 0.6 is 0 Å². The summed E-state index contributed by atoms with van der Waals surface area (Å²) >= 11 is 0. The smallest absolute Gasteiger partial charge is 0.343 e. The largest absolute Gasteiger partial charge is 0.416 e. The molecule has 0 fully saturated rings. The van der Waals surface area contributed by atoms with E-state index in [1.54, 1.807) is 6.07 Å². The van der Waals surface area contributed by atoms with Gasteiger partial charge in [-0.2, -0.15) is 14.0 Å². The van der Waals surface area contributed by atoms with Gasteiger partial charge in [-0.1, -0.05) is 5.92 Å². The predicted octanol–water partition coefficient (Wildman–Crippen LogP) is 3.48. The SMILES string of the molecule is N#CC#Cc1ccc(C(=O)Oc2c(F)c(F)c(F)c(F)c2F)cc1. The van der Waals surface area contributed by atoms with Gasteiger partial charge < -0.3 is 4.74 Å². The van der Waals surface area contributed by atoms with Crippen molar-refractivity contribution in [2.24, 2.45) is 0 Å². The highest BCUT2D eigenvalue weighted by atomic mass is 19.2. The highest BCUT2D eigenvalue weighted by Gasteiger charge is 2.28. The molecule has 0 spiro atoms. The monoisotopic (exact) mass is 337 g/mol. The number of ether oxygens (including phenoxy) is 1. The van der Waals surface area contributed by atoms with Gasteiger partial charge in [0.15, 0.2) is 6.07 Å². The van der Waals surface area contributed by atoms with Crippen molar-refractivity contribution in [3.8, 4) is 23.7 Å². The summed E-state index contributed by atoms with van der Waals surface area (Å²) in [6.07, 6.45) is 0. The summed E-state index contributed by atoms with van der Waals surface area (Å²) in [4.78, 5) is 11.8. The van der Waals surface area contributed by atoms with E-state index in [9.17, 15) is 26.7 Å². The molecule has 0 bridgehead atoms. The summed E-state index contributed by atoms with van der Waals surface area (Å²) in [6, 6.07) is 6.48. The summed E-state index contributed by atoms with van der Waals surface area (Å²) in [5, 5.41) is 8.29. The molecule has 0 saturated carbocycles. The summed E-state index contributed by atoms with van der Waals surface area (Å²) in [5.41, 5.74) is 0.144. The fourth-order valence-corrected chi connectivity index (χ4v) is 1.62. The molecule has 2 aromatic carbocycles. The molecule has 8 heteroatoms. The third-order valence-electron chi connectivity index (χ3n) is 2.75. The van der Waals surface area contributed by atoms with E-state index in [2.05, 4.69) is 16.6 Å². The van der Waals surface area contributed by atoms with E-state index >= 15 is 0 Å². The first kappa shape index (κ1) is 17.0. The molecule has 2 aromatic rings. The maximum atomic E-state index is 13.4. The number of nitriles is 1. The van der Waals surface area contributed by atoms with Crippen LogP contribution in [-0.4, -0.2) is 5.97 Å². The molecule has 0 radical (unpaired) electrons. The molecule has 0 aliphatic rings. The minimum Gasteiger partial charge on any atom is -0.416 e. The van der Waals surface area contributed by atoms with Gasteiger partial charge in [0.2, 0.25) is 34.8 Å². The highest BCUT2D eigenvalue weighted by molar-refractivity contribution is 5.91. The molecule has 3 nitrogen and oxygen atoms in total. The number of nitrogens with zero attached hydrogens (tertiary/aromatic N) is 1. The van der Waals surface area contributed by atoms with Crippen molar-refractivity contribution >= 4 is 5.97 Å². The van der Waals surface area contributed by atoms with Crippen LogP contribution in [0.1, 0.15) is 15.9 Å². The Morgan fingerprint density at radius 3 is 1.88 bits per heavy atom. The molecule has 0 atom stereocenters. The van der Waals surface area contributed by atoms with Gasteiger partial charge in [0, 0.05) is 11.5 Å². The molecule has 0 N–H and O–H groups in total. The molecular formula is C16H4F5NO2. The minimum atomic E-state index is -2.36. The summed E-state index contributed by atoms with van der Waals surface area (Å²) in [7, 11) is 0. The first-order valence-corrected chi connectivity index (χ1v) is 6.10. The van der Waals surface area contributed by atoms with Gasteiger partial charge in [0.25, 0.3) is 0 Å². The van der Waals surface area contributed by atoms with E-state index in [-0.39, 0.29) is 5.56 Å². The Bertz CT molecular complexity index is 892. The zero-order chi connectivity index (χ0) is 17.9. The lowest BCUT2D eigenvalue weighted by Crippen LogP contribution is -2.13. The van der Waals surface area contributed by atoms with Crippen LogP contribution in [0, 0.1) is 52.3 Å². The molecule has 0 saturated heterocycles. The normalized spacial score (nSPS) is 9.67. The lowest BCUT2D eigenvalue weighted by atomic mass is 10.1. The second-order valence-corrected chi connectivity index (χ2v) is 4.23. The molecular weight excluding hydrogens is 333 g/mol. The zero-order valence-electron chi connectivity index (χ0n) is 11.5. The average molecular weight is 337 g/mol. The molecule has 0 aliphatic carbocycles. The Morgan fingerprint density at radius 1 is 0.875 bits per heavy atom. The van der Waals surface area contributed by atoms with Gasteiger partial charge >= 0.3 is 5.97 Å². The Labute approximate surface area is 131 Å². The molecule has 0 aromatic heterocycles. The van der Waals surface area contributed by atoms with Crippen LogP contribution < -0.4 is 4.74 Å². The number of benzene rings is 2. The van der Waals surface area contributed by atoms with Gasteiger partial charge in [-0.3, -0.25) is 0 Å². The van der Waals surface area contributed by atoms with Crippen molar-refractivity contribution in [2.45, 2.75) is 0 Å². The zero-order valence-corrected chi connectivity index (χ0v) is 11.5. The van der Waals surface area contributed by atoms with Gasteiger partial charge in [-0.25, -0.2) is 18.0 Å². The molecule has 0 unspecified atom stereocenters. The van der Waals surface area contributed by atoms with E-state index < -0.39 is 40.8 Å². The van der Waals surface area contributed by atoms with Crippen molar-refractivity contribution < 1.29 is 31.5 Å². The Kier molecular flexibility index (Phi) is 4.81. The highest BCUT2D eigenvalue weighted by Crippen LogP contribution is 2.29. The maximum Gasteiger partial charge on any atom is 0.343 e. The lowest BCUT2D eigenvalue weighted by molar-refractivity contribution is 0.0716.